The van der Waals surface area contributed by atoms with Crippen LogP contribution in [-0.2, 0) is 6.54 Å². The van der Waals surface area contributed by atoms with Crippen LogP contribution in [0.1, 0.15) is 27.3 Å². The second kappa shape index (κ2) is 7.53. The van der Waals surface area contributed by atoms with Crippen LogP contribution in [0.3, 0.4) is 0 Å². The van der Waals surface area contributed by atoms with Gasteiger partial charge in [-0.15, -0.1) is 0 Å². The molecule has 5 nitrogen and oxygen atoms in total. The molecule has 0 atom stereocenters. The van der Waals surface area contributed by atoms with Crippen molar-refractivity contribution in [2.45, 2.75) is 20.4 Å². The van der Waals surface area contributed by atoms with Crippen LogP contribution in [0.4, 0.5) is 4.39 Å². The summed E-state index contributed by atoms with van der Waals surface area (Å²) < 4.78 is 15.4. The Morgan fingerprint density at radius 2 is 1.89 bits per heavy atom. The third-order valence-corrected chi connectivity index (χ3v) is 5.59. The summed E-state index contributed by atoms with van der Waals surface area (Å²) in [5, 5.41) is 0.157. The van der Waals surface area contributed by atoms with Crippen molar-refractivity contribution in [1.29, 1.82) is 0 Å². The maximum Gasteiger partial charge on any atom is 0.255 e. The van der Waals surface area contributed by atoms with Gasteiger partial charge in [0.2, 0.25) is 0 Å². The van der Waals surface area contributed by atoms with Crippen molar-refractivity contribution in [2.24, 2.45) is 0 Å². The lowest BCUT2D eigenvalue weighted by Crippen LogP contribution is -2.48. The maximum atomic E-state index is 13.2. The lowest BCUT2D eigenvalue weighted by molar-refractivity contribution is 0.0626. The van der Waals surface area contributed by atoms with Gasteiger partial charge in [-0.3, -0.25) is 9.69 Å². The van der Waals surface area contributed by atoms with Crippen molar-refractivity contribution >= 4 is 23.2 Å². The fourth-order valence-corrected chi connectivity index (χ4v) is 3.91. The van der Waals surface area contributed by atoms with Crippen molar-refractivity contribution in [3.63, 3.8) is 0 Å². The normalized spacial score (nSPS) is 15.4. The van der Waals surface area contributed by atoms with E-state index >= 15 is 0 Å². The molecule has 3 heterocycles. The minimum atomic E-state index is -0.440. The van der Waals surface area contributed by atoms with E-state index in [0.29, 0.717) is 18.7 Å². The highest BCUT2D eigenvalue weighted by Crippen LogP contribution is 2.21. The molecule has 0 radical (unpaired) electrons. The minimum Gasteiger partial charge on any atom is -0.336 e. The molecular formula is C21H22ClFN4O. The molecule has 1 fully saturated rings. The monoisotopic (exact) mass is 400 g/mol. The van der Waals surface area contributed by atoms with Crippen molar-refractivity contribution < 1.29 is 9.18 Å². The molecule has 146 valence electrons. The Hall–Kier alpha value is -2.44. The Balaban J connectivity index is 1.43. The Labute approximate surface area is 168 Å². The van der Waals surface area contributed by atoms with Crippen LogP contribution in [0.15, 0.2) is 36.5 Å². The van der Waals surface area contributed by atoms with Crippen molar-refractivity contribution in [1.82, 2.24) is 19.2 Å². The first-order valence-corrected chi connectivity index (χ1v) is 9.71. The number of fused-ring (bicyclic) bond motifs is 1. The van der Waals surface area contributed by atoms with E-state index in [1.165, 1.54) is 29.5 Å². The third-order valence-electron chi connectivity index (χ3n) is 5.28. The van der Waals surface area contributed by atoms with Gasteiger partial charge in [-0.25, -0.2) is 9.37 Å². The number of nitrogens with zero attached hydrogens (tertiary/aromatic N) is 4. The van der Waals surface area contributed by atoms with Gasteiger partial charge >= 0.3 is 0 Å². The molecule has 1 aliphatic rings. The van der Waals surface area contributed by atoms with Crippen LogP contribution in [0.2, 0.25) is 5.02 Å². The first-order valence-electron chi connectivity index (χ1n) is 9.33. The third kappa shape index (κ3) is 3.62. The number of benzene rings is 1. The van der Waals surface area contributed by atoms with E-state index in [1.54, 1.807) is 4.90 Å². The summed E-state index contributed by atoms with van der Waals surface area (Å²) in [6, 6.07) is 8.07. The fraction of sp³-hybridized carbons (Fsp3) is 0.333. The topological polar surface area (TPSA) is 40.9 Å². The van der Waals surface area contributed by atoms with E-state index in [9.17, 15) is 9.18 Å². The number of carbonyl (C=O) groups is 1. The predicted molar refractivity (Wildman–Crippen MR) is 107 cm³/mol. The molecule has 0 bridgehead atoms. The van der Waals surface area contributed by atoms with Crippen LogP contribution >= 0.6 is 11.6 Å². The zero-order valence-corrected chi connectivity index (χ0v) is 16.7. The fourth-order valence-electron chi connectivity index (χ4n) is 3.66. The van der Waals surface area contributed by atoms with E-state index in [0.717, 1.165) is 31.0 Å². The van der Waals surface area contributed by atoms with Gasteiger partial charge in [0, 0.05) is 38.9 Å². The van der Waals surface area contributed by atoms with Gasteiger partial charge in [-0.2, -0.15) is 0 Å². The van der Waals surface area contributed by atoms with Crippen LogP contribution in [0.5, 0.6) is 0 Å². The zero-order valence-electron chi connectivity index (χ0n) is 16.0. The summed E-state index contributed by atoms with van der Waals surface area (Å²) >= 11 is 6.04. The summed E-state index contributed by atoms with van der Waals surface area (Å²) in [4.78, 5) is 21.5. The van der Waals surface area contributed by atoms with Gasteiger partial charge in [0.25, 0.3) is 5.91 Å². The molecule has 0 N–H and O–H groups in total. The molecule has 1 aliphatic heterocycles. The molecular weight excluding hydrogens is 379 g/mol. The standard InChI is InChI=1S/C21H22ClFN4O/c1-14-5-6-27-19(15(2)24-20(27)11-14)13-25-7-9-26(10-8-25)21(28)17-4-3-16(23)12-18(17)22/h3-6,11-12H,7-10,13H2,1-2H3. The first kappa shape index (κ1) is 18.9. The van der Waals surface area contributed by atoms with Gasteiger partial charge in [0.05, 0.1) is 22.0 Å². The molecule has 0 unspecified atom stereocenters. The highest BCUT2D eigenvalue weighted by molar-refractivity contribution is 6.33. The second-order valence-electron chi connectivity index (χ2n) is 7.27. The second-order valence-corrected chi connectivity index (χ2v) is 7.68. The smallest absolute Gasteiger partial charge is 0.255 e. The molecule has 1 aromatic carbocycles. The molecule has 1 amide bonds. The minimum absolute atomic E-state index is 0.147. The van der Waals surface area contributed by atoms with E-state index in [1.807, 2.05) is 6.92 Å². The number of amides is 1. The van der Waals surface area contributed by atoms with E-state index in [4.69, 9.17) is 11.6 Å². The summed E-state index contributed by atoms with van der Waals surface area (Å²) in [5.74, 6) is -0.587. The van der Waals surface area contributed by atoms with E-state index in [-0.39, 0.29) is 10.9 Å². The van der Waals surface area contributed by atoms with Gasteiger partial charge in [-0.05, 0) is 49.7 Å². The van der Waals surface area contributed by atoms with Gasteiger partial charge in [-0.1, -0.05) is 11.6 Å². The number of rotatable bonds is 3. The number of hydrogen-bond acceptors (Lipinski definition) is 3. The Morgan fingerprint density at radius 3 is 2.61 bits per heavy atom. The van der Waals surface area contributed by atoms with Gasteiger partial charge in [0.15, 0.2) is 0 Å². The summed E-state index contributed by atoms with van der Waals surface area (Å²) in [7, 11) is 0. The van der Waals surface area contributed by atoms with Crippen LogP contribution in [0.25, 0.3) is 5.65 Å². The maximum absolute atomic E-state index is 13.2. The lowest BCUT2D eigenvalue weighted by atomic mass is 10.1. The molecule has 4 rings (SSSR count). The number of carbonyl (C=O) groups excluding carboxylic acids is 1. The van der Waals surface area contributed by atoms with Gasteiger partial charge in [0.1, 0.15) is 11.5 Å². The average molecular weight is 401 g/mol. The largest absolute Gasteiger partial charge is 0.336 e. The number of pyridine rings is 1. The lowest BCUT2D eigenvalue weighted by Gasteiger charge is -2.34. The van der Waals surface area contributed by atoms with Gasteiger partial charge < -0.3 is 9.30 Å². The molecule has 7 heteroatoms. The SMILES string of the molecule is Cc1ccn2c(CN3CCN(C(=O)c4ccc(F)cc4Cl)CC3)c(C)nc2c1. The molecule has 3 aromatic rings. The number of halogens is 2. The predicted octanol–water partition coefficient (Wildman–Crippen LogP) is 3.70. The van der Waals surface area contributed by atoms with Crippen LogP contribution < -0.4 is 0 Å². The molecule has 28 heavy (non-hydrogen) atoms. The van der Waals surface area contributed by atoms with Crippen molar-refractivity contribution in [3.05, 3.63) is 69.9 Å². The molecule has 0 saturated carbocycles. The van der Waals surface area contributed by atoms with Crippen molar-refractivity contribution in [3.8, 4) is 0 Å². The summed E-state index contributed by atoms with van der Waals surface area (Å²) in [5.41, 5.74) is 4.71. The number of aromatic nitrogens is 2. The Morgan fingerprint density at radius 1 is 1.14 bits per heavy atom. The van der Waals surface area contributed by atoms with E-state index in [2.05, 4.69) is 39.5 Å². The van der Waals surface area contributed by atoms with Crippen LogP contribution in [-0.4, -0.2) is 51.3 Å². The highest BCUT2D eigenvalue weighted by atomic mass is 35.5. The Kier molecular flexibility index (Phi) is 5.08. The molecule has 1 saturated heterocycles. The number of piperazine rings is 1. The first-order chi connectivity index (χ1) is 13.4. The number of aryl methyl sites for hydroxylation is 2. The number of imidazole rings is 1. The Bertz CT molecular complexity index is 1040. The van der Waals surface area contributed by atoms with Crippen LogP contribution in [0, 0.1) is 19.7 Å². The van der Waals surface area contributed by atoms with Crippen molar-refractivity contribution in [2.75, 3.05) is 26.2 Å². The van der Waals surface area contributed by atoms with E-state index < -0.39 is 5.82 Å². The summed E-state index contributed by atoms with van der Waals surface area (Å²) in [6.45, 7) is 7.64. The zero-order chi connectivity index (χ0) is 19.8. The molecule has 0 aliphatic carbocycles. The molecule has 0 spiro atoms. The number of hydrogen-bond donors (Lipinski definition) is 0. The highest BCUT2D eigenvalue weighted by Gasteiger charge is 2.24. The summed E-state index contributed by atoms with van der Waals surface area (Å²) in [6.07, 6.45) is 2.07. The average Bonchev–Trinajstić information content (AvgIpc) is 2.96. The molecule has 2 aromatic heterocycles. The quantitative estimate of drug-likeness (QED) is 0.673.